The smallest absolute Gasteiger partial charge is 0.489 e. The molecule has 2 aliphatic rings. The molecule has 0 bridgehead atoms. The van der Waals surface area contributed by atoms with Gasteiger partial charge < -0.3 is 24.1 Å². The molecule has 1 fully saturated rings. The Balaban J connectivity index is 1.37. The molecular formula is C26H27ClF3NO6. The Bertz CT molecular complexity index is 1140. The Labute approximate surface area is 217 Å². The number of carboxylic acid groups (broad SMARTS) is 1. The number of hydrogen-bond acceptors (Lipinski definition) is 6. The maximum absolute atomic E-state index is 14.9. The number of carbonyl (C=O) groups is 1. The van der Waals surface area contributed by atoms with Gasteiger partial charge in [0.2, 0.25) is 0 Å². The van der Waals surface area contributed by atoms with Gasteiger partial charge in [0.25, 0.3) is 0 Å². The molecule has 2 aliphatic heterocycles. The standard InChI is InChI=1S/C26H27ClF3NO6/c27-22-7-16(3-4-24(22)36-20(10-28)11-29)14-34-19-8-23(30)21-6-17(15-35-25(21)9-19)12-31-5-1-2-18(13-31)37-26(32)33/h3-4,6-9,18,20H,1-2,5,10-15H2,(H,32,33)/t18-/m1/s1. The van der Waals surface area contributed by atoms with Crippen molar-refractivity contribution in [3.63, 3.8) is 0 Å². The van der Waals surface area contributed by atoms with E-state index in [-0.39, 0.29) is 35.8 Å². The number of piperidine rings is 1. The molecule has 4 rings (SSSR count). The van der Waals surface area contributed by atoms with Gasteiger partial charge >= 0.3 is 6.16 Å². The second kappa shape index (κ2) is 12.4. The van der Waals surface area contributed by atoms with Crippen molar-refractivity contribution in [2.45, 2.75) is 31.7 Å². The molecule has 0 spiro atoms. The van der Waals surface area contributed by atoms with E-state index in [0.29, 0.717) is 36.4 Å². The summed E-state index contributed by atoms with van der Waals surface area (Å²) in [7, 11) is 0. The fourth-order valence-corrected chi connectivity index (χ4v) is 4.53. The molecule has 0 amide bonds. The summed E-state index contributed by atoms with van der Waals surface area (Å²) in [5, 5.41) is 9.03. The van der Waals surface area contributed by atoms with Crippen LogP contribution in [0.5, 0.6) is 17.2 Å². The molecular weight excluding hydrogens is 515 g/mol. The SMILES string of the molecule is O=C(O)O[C@@H]1CCCN(CC2=Cc3c(F)cc(OCc4ccc(OC(CF)CF)c(Cl)c4)cc3OC2)C1. The first-order valence-corrected chi connectivity index (χ1v) is 12.2. The molecule has 1 saturated heterocycles. The molecule has 37 heavy (non-hydrogen) atoms. The van der Waals surface area contributed by atoms with Crippen molar-refractivity contribution in [2.24, 2.45) is 0 Å². The van der Waals surface area contributed by atoms with Gasteiger partial charge in [-0.05, 0) is 48.7 Å². The molecule has 0 saturated carbocycles. The number of rotatable bonds is 10. The van der Waals surface area contributed by atoms with E-state index in [1.807, 2.05) is 0 Å². The minimum Gasteiger partial charge on any atom is -0.489 e. The molecule has 0 aliphatic carbocycles. The number of halogens is 4. The van der Waals surface area contributed by atoms with Crippen LogP contribution in [-0.2, 0) is 11.3 Å². The molecule has 2 aromatic rings. The summed E-state index contributed by atoms with van der Waals surface area (Å²) in [6.07, 6.45) is 0.377. The number of likely N-dealkylation sites (tertiary alicyclic amines) is 1. The molecule has 0 radical (unpaired) electrons. The number of ether oxygens (including phenoxy) is 4. The Morgan fingerprint density at radius 1 is 1.24 bits per heavy atom. The van der Waals surface area contributed by atoms with Crippen LogP contribution in [0.25, 0.3) is 6.08 Å². The minimum absolute atomic E-state index is 0.0729. The molecule has 2 aromatic carbocycles. The monoisotopic (exact) mass is 541 g/mol. The summed E-state index contributed by atoms with van der Waals surface area (Å²) in [5.74, 6) is 0.288. The van der Waals surface area contributed by atoms with Crippen molar-refractivity contribution in [3.8, 4) is 17.2 Å². The molecule has 7 nitrogen and oxygen atoms in total. The summed E-state index contributed by atoms with van der Waals surface area (Å²) in [5.41, 5.74) is 1.85. The topological polar surface area (TPSA) is 77.5 Å². The molecule has 1 atom stereocenters. The Hall–Kier alpha value is -3.11. The molecule has 2 heterocycles. The van der Waals surface area contributed by atoms with Crippen LogP contribution in [0.1, 0.15) is 24.0 Å². The third-order valence-electron chi connectivity index (χ3n) is 6.02. The van der Waals surface area contributed by atoms with Crippen LogP contribution in [0.15, 0.2) is 35.9 Å². The van der Waals surface area contributed by atoms with E-state index in [1.165, 1.54) is 12.1 Å². The van der Waals surface area contributed by atoms with Crippen LogP contribution in [0.3, 0.4) is 0 Å². The maximum atomic E-state index is 14.9. The summed E-state index contributed by atoms with van der Waals surface area (Å²) < 4.78 is 61.9. The molecule has 200 valence electrons. The van der Waals surface area contributed by atoms with Crippen LogP contribution in [-0.4, -0.2) is 68.0 Å². The van der Waals surface area contributed by atoms with Gasteiger partial charge in [0.15, 0.2) is 6.10 Å². The van der Waals surface area contributed by atoms with E-state index in [0.717, 1.165) is 18.5 Å². The van der Waals surface area contributed by atoms with Gasteiger partial charge in [-0.3, -0.25) is 4.90 Å². The van der Waals surface area contributed by atoms with Crippen LogP contribution in [0.2, 0.25) is 5.02 Å². The van der Waals surface area contributed by atoms with Crippen molar-refractivity contribution in [2.75, 3.05) is 39.6 Å². The van der Waals surface area contributed by atoms with Crippen molar-refractivity contribution < 1.29 is 42.0 Å². The third kappa shape index (κ3) is 7.23. The van der Waals surface area contributed by atoms with Crippen LogP contribution in [0.4, 0.5) is 18.0 Å². The first kappa shape index (κ1) is 26.9. The van der Waals surface area contributed by atoms with Crippen LogP contribution in [0, 0.1) is 5.82 Å². The quantitative estimate of drug-likeness (QED) is 0.388. The lowest BCUT2D eigenvalue weighted by Crippen LogP contribution is -2.41. The Morgan fingerprint density at radius 3 is 2.78 bits per heavy atom. The third-order valence-corrected chi connectivity index (χ3v) is 6.32. The van der Waals surface area contributed by atoms with Crippen molar-refractivity contribution in [3.05, 3.63) is 57.9 Å². The number of nitrogens with zero attached hydrogens (tertiary/aromatic N) is 1. The van der Waals surface area contributed by atoms with E-state index in [9.17, 15) is 18.0 Å². The molecule has 0 aromatic heterocycles. The fourth-order valence-electron chi connectivity index (χ4n) is 4.28. The lowest BCUT2D eigenvalue weighted by atomic mass is 10.0. The summed E-state index contributed by atoms with van der Waals surface area (Å²) in [6.45, 7) is 0.198. The number of hydrogen-bond donors (Lipinski definition) is 1. The highest BCUT2D eigenvalue weighted by Gasteiger charge is 2.25. The minimum atomic E-state index is -1.28. The zero-order chi connectivity index (χ0) is 26.4. The van der Waals surface area contributed by atoms with E-state index < -0.39 is 31.4 Å². The lowest BCUT2D eigenvalue weighted by molar-refractivity contribution is 0.0153. The number of alkyl halides is 2. The average Bonchev–Trinajstić information content (AvgIpc) is 2.87. The maximum Gasteiger partial charge on any atom is 0.506 e. The first-order valence-electron chi connectivity index (χ1n) is 11.8. The zero-order valence-corrected chi connectivity index (χ0v) is 20.7. The van der Waals surface area contributed by atoms with Gasteiger partial charge in [0.1, 0.15) is 55.7 Å². The Morgan fingerprint density at radius 2 is 2.05 bits per heavy atom. The van der Waals surface area contributed by atoms with E-state index in [1.54, 1.807) is 24.3 Å². The van der Waals surface area contributed by atoms with Crippen molar-refractivity contribution >= 4 is 23.8 Å². The van der Waals surface area contributed by atoms with E-state index >= 15 is 0 Å². The van der Waals surface area contributed by atoms with Crippen molar-refractivity contribution in [1.82, 2.24) is 4.90 Å². The Kier molecular flexibility index (Phi) is 9.04. The summed E-state index contributed by atoms with van der Waals surface area (Å²) >= 11 is 6.15. The van der Waals surface area contributed by atoms with Gasteiger partial charge in [0.05, 0.1) is 10.6 Å². The highest BCUT2D eigenvalue weighted by Crippen LogP contribution is 2.34. The average molecular weight is 542 g/mol. The predicted octanol–water partition coefficient (Wildman–Crippen LogP) is 5.68. The van der Waals surface area contributed by atoms with Gasteiger partial charge in [-0.25, -0.2) is 18.0 Å². The highest BCUT2D eigenvalue weighted by atomic mass is 35.5. The van der Waals surface area contributed by atoms with Gasteiger partial charge in [-0.15, -0.1) is 0 Å². The zero-order valence-electron chi connectivity index (χ0n) is 19.9. The molecule has 0 unspecified atom stereocenters. The molecule has 1 N–H and O–H groups in total. The second-order valence-electron chi connectivity index (χ2n) is 8.89. The van der Waals surface area contributed by atoms with Crippen LogP contribution < -0.4 is 14.2 Å². The van der Waals surface area contributed by atoms with E-state index in [4.69, 9.17) is 35.7 Å². The van der Waals surface area contributed by atoms with Crippen molar-refractivity contribution in [1.29, 1.82) is 0 Å². The largest absolute Gasteiger partial charge is 0.506 e. The van der Waals surface area contributed by atoms with Gasteiger partial charge in [-0.2, -0.15) is 0 Å². The van der Waals surface area contributed by atoms with E-state index in [2.05, 4.69) is 4.90 Å². The van der Waals surface area contributed by atoms with Gasteiger partial charge in [-0.1, -0.05) is 17.7 Å². The fraction of sp³-hybridized carbons (Fsp3) is 0.423. The first-order chi connectivity index (χ1) is 17.8. The normalized spacial score (nSPS) is 17.5. The highest BCUT2D eigenvalue weighted by molar-refractivity contribution is 6.32. The number of fused-ring (bicyclic) bond motifs is 1. The predicted molar refractivity (Wildman–Crippen MR) is 131 cm³/mol. The molecule has 11 heteroatoms. The lowest BCUT2D eigenvalue weighted by Gasteiger charge is -2.33. The number of benzene rings is 2. The summed E-state index contributed by atoms with van der Waals surface area (Å²) in [4.78, 5) is 12.9. The second-order valence-corrected chi connectivity index (χ2v) is 9.30. The van der Waals surface area contributed by atoms with Crippen LogP contribution >= 0.6 is 11.6 Å². The summed E-state index contributed by atoms with van der Waals surface area (Å²) in [6, 6.07) is 7.57. The van der Waals surface area contributed by atoms with Gasteiger partial charge in [0, 0.05) is 25.2 Å².